The fourth-order valence-electron chi connectivity index (χ4n) is 1.58. The van der Waals surface area contributed by atoms with E-state index in [-0.39, 0.29) is 12.1 Å². The molecule has 1 aromatic heterocycles. The first-order valence-electron chi connectivity index (χ1n) is 4.27. The van der Waals surface area contributed by atoms with Crippen LogP contribution in [-0.4, -0.2) is 12.6 Å². The summed E-state index contributed by atoms with van der Waals surface area (Å²) in [7, 11) is 0. The van der Waals surface area contributed by atoms with Gasteiger partial charge in [0.1, 0.15) is 6.10 Å². The van der Waals surface area contributed by atoms with Gasteiger partial charge in [0.2, 0.25) is 0 Å². The smallest absolute Gasteiger partial charge is 0.101 e. The Hall–Kier alpha value is -0.800. The van der Waals surface area contributed by atoms with Gasteiger partial charge >= 0.3 is 0 Å². The van der Waals surface area contributed by atoms with Crippen LogP contribution in [0.3, 0.4) is 0 Å². The Balaban J connectivity index is 2.11. The van der Waals surface area contributed by atoms with Crippen molar-refractivity contribution in [2.24, 2.45) is 5.73 Å². The summed E-state index contributed by atoms with van der Waals surface area (Å²) in [6.07, 6.45) is 5.50. The molecule has 0 aliphatic carbocycles. The Kier molecular flexibility index (Phi) is 2.15. The molecule has 2 rings (SSSR count). The third kappa shape index (κ3) is 1.38. The van der Waals surface area contributed by atoms with Crippen molar-refractivity contribution >= 4 is 0 Å². The molecule has 0 amide bonds. The lowest BCUT2D eigenvalue weighted by molar-refractivity contribution is -0.000172. The van der Waals surface area contributed by atoms with Crippen molar-refractivity contribution in [3.8, 4) is 0 Å². The summed E-state index contributed by atoms with van der Waals surface area (Å²) in [6, 6.07) is 2.03. The van der Waals surface area contributed by atoms with Crippen LogP contribution >= 0.6 is 0 Å². The van der Waals surface area contributed by atoms with Crippen molar-refractivity contribution in [1.82, 2.24) is 0 Å². The van der Waals surface area contributed by atoms with E-state index in [4.69, 9.17) is 14.9 Å². The van der Waals surface area contributed by atoms with Crippen molar-refractivity contribution < 1.29 is 9.15 Å². The van der Waals surface area contributed by atoms with E-state index in [0.29, 0.717) is 0 Å². The summed E-state index contributed by atoms with van der Waals surface area (Å²) in [6.45, 7) is 0.809. The van der Waals surface area contributed by atoms with Crippen LogP contribution in [0.2, 0.25) is 0 Å². The second-order valence-electron chi connectivity index (χ2n) is 3.15. The summed E-state index contributed by atoms with van der Waals surface area (Å²) in [4.78, 5) is 0. The van der Waals surface area contributed by atoms with Gasteiger partial charge in [0.15, 0.2) is 0 Å². The molecule has 2 heterocycles. The molecule has 0 spiro atoms. The molecule has 1 aliphatic heterocycles. The number of hydrogen-bond donors (Lipinski definition) is 1. The van der Waals surface area contributed by atoms with Crippen LogP contribution in [0, 0.1) is 0 Å². The van der Waals surface area contributed by atoms with Gasteiger partial charge in [-0.3, -0.25) is 0 Å². The number of rotatable bonds is 1. The lowest BCUT2D eigenvalue weighted by Gasteiger charge is -2.27. The summed E-state index contributed by atoms with van der Waals surface area (Å²) < 4.78 is 10.5. The van der Waals surface area contributed by atoms with Gasteiger partial charge in [-0.05, 0) is 18.9 Å². The van der Waals surface area contributed by atoms with E-state index in [9.17, 15) is 0 Å². The highest BCUT2D eigenvalue weighted by atomic mass is 16.5. The SMILES string of the molecule is NC1CCCOC1c1ccoc1. The second kappa shape index (κ2) is 3.29. The van der Waals surface area contributed by atoms with Gasteiger partial charge in [-0.25, -0.2) is 0 Å². The molecular formula is C9H13NO2. The van der Waals surface area contributed by atoms with E-state index in [0.717, 1.165) is 25.0 Å². The van der Waals surface area contributed by atoms with E-state index in [1.54, 1.807) is 12.5 Å². The highest BCUT2D eigenvalue weighted by Gasteiger charge is 2.24. The summed E-state index contributed by atoms with van der Waals surface area (Å²) in [5.74, 6) is 0. The normalized spacial score (nSPS) is 30.4. The molecule has 1 aromatic rings. The van der Waals surface area contributed by atoms with E-state index in [1.165, 1.54) is 0 Å². The van der Waals surface area contributed by atoms with Gasteiger partial charge in [-0.2, -0.15) is 0 Å². The third-order valence-electron chi connectivity index (χ3n) is 2.24. The van der Waals surface area contributed by atoms with Crippen molar-refractivity contribution in [3.63, 3.8) is 0 Å². The van der Waals surface area contributed by atoms with Crippen molar-refractivity contribution in [2.75, 3.05) is 6.61 Å². The van der Waals surface area contributed by atoms with Gasteiger partial charge in [0.25, 0.3) is 0 Å². The fraction of sp³-hybridized carbons (Fsp3) is 0.556. The first kappa shape index (κ1) is 7.83. The summed E-state index contributed by atoms with van der Waals surface area (Å²) in [5.41, 5.74) is 6.96. The Morgan fingerprint density at radius 3 is 3.08 bits per heavy atom. The van der Waals surface area contributed by atoms with Crippen LogP contribution in [0.1, 0.15) is 24.5 Å². The van der Waals surface area contributed by atoms with Gasteiger partial charge in [0.05, 0.1) is 12.5 Å². The fourth-order valence-corrected chi connectivity index (χ4v) is 1.58. The molecule has 1 fully saturated rings. The number of hydrogen-bond acceptors (Lipinski definition) is 3. The molecule has 3 heteroatoms. The maximum absolute atomic E-state index is 5.90. The molecule has 0 bridgehead atoms. The summed E-state index contributed by atoms with van der Waals surface area (Å²) in [5, 5.41) is 0. The van der Waals surface area contributed by atoms with Crippen LogP contribution in [0.5, 0.6) is 0 Å². The Labute approximate surface area is 71.5 Å². The van der Waals surface area contributed by atoms with Gasteiger partial charge in [-0.1, -0.05) is 0 Å². The average molecular weight is 167 g/mol. The largest absolute Gasteiger partial charge is 0.472 e. The van der Waals surface area contributed by atoms with Crippen molar-refractivity contribution in [1.29, 1.82) is 0 Å². The minimum atomic E-state index is 0.0394. The zero-order valence-corrected chi connectivity index (χ0v) is 6.90. The topological polar surface area (TPSA) is 48.4 Å². The maximum Gasteiger partial charge on any atom is 0.101 e. The molecule has 0 saturated carbocycles. The molecule has 12 heavy (non-hydrogen) atoms. The molecule has 3 nitrogen and oxygen atoms in total. The molecular weight excluding hydrogens is 154 g/mol. The molecule has 1 saturated heterocycles. The lowest BCUT2D eigenvalue weighted by atomic mass is 9.99. The number of ether oxygens (including phenoxy) is 1. The van der Waals surface area contributed by atoms with Gasteiger partial charge < -0.3 is 14.9 Å². The van der Waals surface area contributed by atoms with Gasteiger partial charge in [-0.15, -0.1) is 0 Å². The lowest BCUT2D eigenvalue weighted by Crippen LogP contribution is -2.34. The van der Waals surface area contributed by atoms with Crippen molar-refractivity contribution in [2.45, 2.75) is 25.0 Å². The van der Waals surface area contributed by atoms with Crippen LogP contribution in [0.15, 0.2) is 23.0 Å². The molecule has 2 unspecified atom stereocenters. The van der Waals surface area contributed by atoms with Crippen LogP contribution in [0.25, 0.3) is 0 Å². The highest BCUT2D eigenvalue weighted by molar-refractivity contribution is 5.12. The molecule has 0 radical (unpaired) electrons. The van der Waals surface area contributed by atoms with Crippen LogP contribution in [0.4, 0.5) is 0 Å². The number of furan rings is 1. The Morgan fingerprint density at radius 1 is 1.50 bits per heavy atom. The van der Waals surface area contributed by atoms with E-state index >= 15 is 0 Å². The average Bonchev–Trinajstić information content (AvgIpc) is 2.57. The van der Waals surface area contributed by atoms with E-state index < -0.39 is 0 Å². The minimum absolute atomic E-state index is 0.0394. The Morgan fingerprint density at radius 2 is 2.42 bits per heavy atom. The quantitative estimate of drug-likeness (QED) is 0.688. The molecule has 0 aromatic carbocycles. The predicted molar refractivity (Wildman–Crippen MR) is 44.6 cm³/mol. The standard InChI is InChI=1S/C9H13NO2/c10-8-2-1-4-12-9(8)7-3-5-11-6-7/h3,5-6,8-9H,1-2,4,10H2. The zero-order valence-electron chi connectivity index (χ0n) is 6.90. The van der Waals surface area contributed by atoms with E-state index in [1.807, 2.05) is 6.07 Å². The molecule has 66 valence electrons. The first-order valence-corrected chi connectivity index (χ1v) is 4.27. The maximum atomic E-state index is 5.90. The number of nitrogens with two attached hydrogens (primary N) is 1. The van der Waals surface area contributed by atoms with Crippen molar-refractivity contribution in [3.05, 3.63) is 24.2 Å². The monoisotopic (exact) mass is 167 g/mol. The third-order valence-corrected chi connectivity index (χ3v) is 2.24. The first-order chi connectivity index (χ1) is 5.88. The van der Waals surface area contributed by atoms with Crippen LogP contribution < -0.4 is 5.73 Å². The molecule has 1 aliphatic rings. The molecule has 2 atom stereocenters. The van der Waals surface area contributed by atoms with E-state index in [2.05, 4.69) is 0 Å². The highest BCUT2D eigenvalue weighted by Crippen LogP contribution is 2.26. The minimum Gasteiger partial charge on any atom is -0.472 e. The predicted octanol–water partition coefficient (Wildman–Crippen LogP) is 1.46. The molecule has 2 N–H and O–H groups in total. The zero-order chi connectivity index (χ0) is 8.39. The second-order valence-corrected chi connectivity index (χ2v) is 3.15. The Bertz CT molecular complexity index is 233. The van der Waals surface area contributed by atoms with Gasteiger partial charge in [0, 0.05) is 18.2 Å². The van der Waals surface area contributed by atoms with Crippen LogP contribution in [-0.2, 0) is 4.74 Å². The summed E-state index contributed by atoms with van der Waals surface area (Å²) >= 11 is 0.